The maximum Gasteiger partial charge on any atom is 0.221 e. The molecule has 5 heteroatoms. The molecule has 2 fully saturated rings. The van der Waals surface area contributed by atoms with E-state index in [2.05, 4.69) is 22.2 Å². The van der Waals surface area contributed by atoms with E-state index in [1.165, 1.54) is 6.42 Å². The molecule has 1 amide bonds. The van der Waals surface area contributed by atoms with Crippen molar-refractivity contribution < 1.29 is 4.79 Å². The van der Waals surface area contributed by atoms with Crippen LogP contribution in [0.25, 0.3) is 0 Å². The Kier molecular flexibility index (Phi) is 4.59. The number of carbonyl (C=O) groups excluding carboxylic acids is 1. The lowest BCUT2D eigenvalue weighted by molar-refractivity contribution is -0.123. The minimum atomic E-state index is -0.197. The fraction of sp³-hybridized carbons (Fsp3) is 0.923. The third kappa shape index (κ3) is 3.93. The lowest BCUT2D eigenvalue weighted by Crippen LogP contribution is -2.51. The lowest BCUT2D eigenvalue weighted by Gasteiger charge is -2.37. The van der Waals surface area contributed by atoms with Crippen molar-refractivity contribution in [2.75, 3.05) is 46.3 Å². The second-order valence-corrected chi connectivity index (χ2v) is 5.89. The predicted molar refractivity (Wildman–Crippen MR) is 72.3 cm³/mol. The molecule has 3 N–H and O–H groups in total. The summed E-state index contributed by atoms with van der Waals surface area (Å²) in [6, 6.07) is 0. The molecule has 1 saturated carbocycles. The topological polar surface area (TPSA) is 61.6 Å². The number of carbonyl (C=O) groups is 1. The Morgan fingerprint density at radius 1 is 1.28 bits per heavy atom. The zero-order chi connectivity index (χ0) is 13.0. The van der Waals surface area contributed by atoms with Crippen molar-refractivity contribution in [3.8, 4) is 0 Å². The molecular weight excluding hydrogens is 228 g/mol. The van der Waals surface area contributed by atoms with Crippen molar-refractivity contribution >= 4 is 5.91 Å². The Bertz CT molecular complexity index is 283. The second kappa shape index (κ2) is 5.99. The van der Waals surface area contributed by atoms with Gasteiger partial charge in [-0.25, -0.2) is 0 Å². The highest BCUT2D eigenvalue weighted by molar-refractivity contribution is 5.77. The molecule has 2 rings (SSSR count). The molecule has 0 unspecified atom stereocenters. The first-order valence-corrected chi connectivity index (χ1v) is 7.04. The fourth-order valence-electron chi connectivity index (χ4n) is 2.61. The van der Waals surface area contributed by atoms with Gasteiger partial charge in [0.1, 0.15) is 0 Å². The standard InChI is InChI=1S/C13H26N4O/c1-16-7-9-17(10-8-16)6-5-15-12(18)11-13(14)3-2-4-13/h2-11,14H2,1H3,(H,15,18). The Hall–Kier alpha value is -0.650. The molecule has 0 spiro atoms. The van der Waals surface area contributed by atoms with Gasteiger partial charge < -0.3 is 16.0 Å². The quantitative estimate of drug-likeness (QED) is 0.702. The van der Waals surface area contributed by atoms with Gasteiger partial charge in [0.2, 0.25) is 5.91 Å². The van der Waals surface area contributed by atoms with Crippen LogP contribution in [0.15, 0.2) is 0 Å². The van der Waals surface area contributed by atoms with Crippen LogP contribution in [0.1, 0.15) is 25.7 Å². The number of hydrogen-bond donors (Lipinski definition) is 2. The van der Waals surface area contributed by atoms with Gasteiger partial charge in [-0.05, 0) is 26.3 Å². The van der Waals surface area contributed by atoms with Crippen LogP contribution >= 0.6 is 0 Å². The van der Waals surface area contributed by atoms with Crippen LogP contribution in [0.3, 0.4) is 0 Å². The summed E-state index contributed by atoms with van der Waals surface area (Å²) in [5, 5.41) is 2.99. The van der Waals surface area contributed by atoms with Gasteiger partial charge in [0.25, 0.3) is 0 Å². The number of nitrogens with zero attached hydrogens (tertiary/aromatic N) is 2. The number of likely N-dealkylation sites (N-methyl/N-ethyl adjacent to an activating group) is 1. The average molecular weight is 254 g/mol. The highest BCUT2D eigenvalue weighted by Gasteiger charge is 2.34. The number of nitrogens with one attached hydrogen (secondary N) is 1. The Balaban J connectivity index is 1.56. The highest BCUT2D eigenvalue weighted by Crippen LogP contribution is 2.31. The summed E-state index contributed by atoms with van der Waals surface area (Å²) in [5.74, 6) is 0.117. The summed E-state index contributed by atoms with van der Waals surface area (Å²) in [5.41, 5.74) is 5.86. The van der Waals surface area contributed by atoms with Gasteiger partial charge in [0, 0.05) is 51.2 Å². The molecule has 1 aliphatic heterocycles. The molecule has 0 atom stereocenters. The number of amides is 1. The van der Waals surface area contributed by atoms with Gasteiger partial charge in [-0.3, -0.25) is 9.69 Å². The van der Waals surface area contributed by atoms with Crippen molar-refractivity contribution in [1.82, 2.24) is 15.1 Å². The summed E-state index contributed by atoms with van der Waals surface area (Å²) < 4.78 is 0. The molecule has 1 heterocycles. The molecule has 1 aliphatic carbocycles. The first-order valence-electron chi connectivity index (χ1n) is 7.04. The molecule has 0 radical (unpaired) electrons. The molecule has 0 aromatic carbocycles. The zero-order valence-electron chi connectivity index (χ0n) is 11.5. The predicted octanol–water partition coefficient (Wildman–Crippen LogP) is -0.378. The Morgan fingerprint density at radius 2 is 1.94 bits per heavy atom. The minimum Gasteiger partial charge on any atom is -0.355 e. The Labute approximate surface area is 110 Å². The number of rotatable bonds is 5. The number of nitrogens with two attached hydrogens (primary N) is 1. The van der Waals surface area contributed by atoms with E-state index in [0.29, 0.717) is 6.42 Å². The number of piperazine rings is 1. The average Bonchev–Trinajstić information content (AvgIpc) is 2.30. The first kappa shape index (κ1) is 13.8. The van der Waals surface area contributed by atoms with E-state index in [1.54, 1.807) is 0 Å². The maximum absolute atomic E-state index is 11.7. The van der Waals surface area contributed by atoms with E-state index in [4.69, 9.17) is 5.73 Å². The highest BCUT2D eigenvalue weighted by atomic mass is 16.1. The molecule has 104 valence electrons. The van der Waals surface area contributed by atoms with Crippen LogP contribution in [-0.2, 0) is 4.79 Å². The van der Waals surface area contributed by atoms with Crippen LogP contribution in [0.4, 0.5) is 0 Å². The summed E-state index contributed by atoms with van der Waals surface area (Å²) in [7, 11) is 2.15. The van der Waals surface area contributed by atoms with Gasteiger partial charge in [0.15, 0.2) is 0 Å². The van der Waals surface area contributed by atoms with Crippen molar-refractivity contribution in [3.05, 3.63) is 0 Å². The molecule has 18 heavy (non-hydrogen) atoms. The van der Waals surface area contributed by atoms with Crippen LogP contribution in [0.2, 0.25) is 0 Å². The monoisotopic (exact) mass is 254 g/mol. The van der Waals surface area contributed by atoms with Gasteiger partial charge in [-0.1, -0.05) is 0 Å². The van der Waals surface area contributed by atoms with Crippen LogP contribution in [0.5, 0.6) is 0 Å². The van der Waals surface area contributed by atoms with Crippen LogP contribution < -0.4 is 11.1 Å². The smallest absolute Gasteiger partial charge is 0.221 e. The Morgan fingerprint density at radius 3 is 2.50 bits per heavy atom. The molecule has 0 bridgehead atoms. The summed E-state index contributed by atoms with van der Waals surface area (Å²) >= 11 is 0. The van der Waals surface area contributed by atoms with Crippen LogP contribution in [-0.4, -0.2) is 67.6 Å². The zero-order valence-corrected chi connectivity index (χ0v) is 11.5. The molecular formula is C13H26N4O. The van der Waals surface area contributed by atoms with E-state index >= 15 is 0 Å². The molecule has 2 aliphatic rings. The van der Waals surface area contributed by atoms with E-state index in [9.17, 15) is 4.79 Å². The first-order chi connectivity index (χ1) is 8.57. The third-order valence-corrected chi connectivity index (χ3v) is 4.21. The second-order valence-electron chi connectivity index (χ2n) is 5.89. The SMILES string of the molecule is CN1CCN(CCNC(=O)CC2(N)CCC2)CC1. The fourth-order valence-corrected chi connectivity index (χ4v) is 2.61. The van der Waals surface area contributed by atoms with Gasteiger partial charge in [-0.2, -0.15) is 0 Å². The van der Waals surface area contributed by atoms with E-state index in [0.717, 1.165) is 52.1 Å². The molecule has 0 aromatic rings. The van der Waals surface area contributed by atoms with Gasteiger partial charge in [0.05, 0.1) is 0 Å². The van der Waals surface area contributed by atoms with Gasteiger partial charge >= 0.3 is 0 Å². The van der Waals surface area contributed by atoms with Crippen molar-refractivity contribution in [2.24, 2.45) is 5.73 Å². The van der Waals surface area contributed by atoms with E-state index < -0.39 is 0 Å². The van der Waals surface area contributed by atoms with E-state index in [-0.39, 0.29) is 11.4 Å². The molecule has 1 saturated heterocycles. The largest absolute Gasteiger partial charge is 0.355 e. The maximum atomic E-state index is 11.7. The number of hydrogen-bond acceptors (Lipinski definition) is 4. The van der Waals surface area contributed by atoms with Crippen molar-refractivity contribution in [3.63, 3.8) is 0 Å². The molecule has 0 aromatic heterocycles. The summed E-state index contributed by atoms with van der Waals surface area (Å²) in [6.07, 6.45) is 3.67. The summed E-state index contributed by atoms with van der Waals surface area (Å²) in [6.45, 7) is 6.16. The van der Waals surface area contributed by atoms with Crippen LogP contribution in [0, 0.1) is 0 Å². The van der Waals surface area contributed by atoms with Crippen molar-refractivity contribution in [1.29, 1.82) is 0 Å². The minimum absolute atomic E-state index is 0.117. The van der Waals surface area contributed by atoms with Gasteiger partial charge in [-0.15, -0.1) is 0 Å². The third-order valence-electron chi connectivity index (χ3n) is 4.21. The summed E-state index contributed by atoms with van der Waals surface area (Å²) in [4.78, 5) is 16.5. The lowest BCUT2D eigenvalue weighted by atomic mass is 9.75. The normalized spacial score (nSPS) is 24.6. The van der Waals surface area contributed by atoms with Crippen molar-refractivity contribution in [2.45, 2.75) is 31.2 Å². The van der Waals surface area contributed by atoms with E-state index in [1.807, 2.05) is 0 Å². The molecule has 5 nitrogen and oxygen atoms in total.